The molecule has 0 saturated carbocycles. The number of nitrogens with zero attached hydrogens (tertiary/aromatic N) is 4. The summed E-state index contributed by atoms with van der Waals surface area (Å²) in [7, 11) is 0. The van der Waals surface area contributed by atoms with Crippen LogP contribution in [0.1, 0.15) is 31.2 Å². The average Bonchev–Trinajstić information content (AvgIpc) is 3.76. The molecule has 3 aromatic carbocycles. The topological polar surface area (TPSA) is 73.8 Å². The zero-order valence-electron chi connectivity index (χ0n) is 23.8. The van der Waals surface area contributed by atoms with Crippen molar-refractivity contribution in [3.8, 4) is 35.2 Å². The molecule has 0 radical (unpaired) electrons. The van der Waals surface area contributed by atoms with Crippen LogP contribution in [0.2, 0.25) is 0 Å². The number of phenolic OH excluding ortho intramolecular Hbond substituents is 1. The summed E-state index contributed by atoms with van der Waals surface area (Å²) < 4.78 is 35.6. The van der Waals surface area contributed by atoms with Crippen molar-refractivity contribution in [2.24, 2.45) is 5.92 Å². The number of rotatable bonds is 5. The normalized spacial score (nSPS) is 26.7. The third-order valence-corrected chi connectivity index (χ3v) is 10.1. The van der Waals surface area contributed by atoms with Crippen molar-refractivity contribution in [3.63, 3.8) is 0 Å². The number of anilines is 1. The third kappa shape index (κ3) is 4.38. The number of benzene rings is 3. The van der Waals surface area contributed by atoms with Crippen LogP contribution in [0.25, 0.3) is 32.8 Å². The number of terminal acetylenes is 1. The molecule has 4 aromatic rings. The largest absolute Gasteiger partial charge is 0.508 e. The first-order chi connectivity index (χ1) is 20.9. The van der Waals surface area contributed by atoms with Gasteiger partial charge in [0.05, 0.1) is 16.6 Å². The SMILES string of the molecule is C#Cc1c(F)ccc2cc(O)cc(-c3ccc4c(N5C[C@H]6CCN[C@H]6C5)nc(OC[C@@]56CCCN5C[C@H](F)C6)nc4c3)c12. The molecule has 4 saturated heterocycles. The van der Waals surface area contributed by atoms with E-state index in [0.29, 0.717) is 53.4 Å². The summed E-state index contributed by atoms with van der Waals surface area (Å²) in [5.41, 5.74) is 1.87. The van der Waals surface area contributed by atoms with E-state index < -0.39 is 12.0 Å². The molecule has 4 aliphatic heterocycles. The summed E-state index contributed by atoms with van der Waals surface area (Å²) in [5.74, 6) is 3.45. The summed E-state index contributed by atoms with van der Waals surface area (Å²) in [6.45, 7) is 4.47. The van der Waals surface area contributed by atoms with Crippen molar-refractivity contribution in [3.05, 3.63) is 53.8 Å². The molecule has 4 fully saturated rings. The molecule has 4 aliphatic rings. The summed E-state index contributed by atoms with van der Waals surface area (Å²) in [4.78, 5) is 14.3. The van der Waals surface area contributed by atoms with Gasteiger partial charge in [-0.25, -0.2) is 8.78 Å². The zero-order chi connectivity index (χ0) is 29.3. The maximum Gasteiger partial charge on any atom is 0.319 e. The number of halogens is 2. The van der Waals surface area contributed by atoms with Crippen LogP contribution in [0.5, 0.6) is 11.8 Å². The maximum absolute atomic E-state index is 14.8. The average molecular weight is 582 g/mol. The molecule has 5 heterocycles. The third-order valence-electron chi connectivity index (χ3n) is 10.1. The molecule has 220 valence electrons. The minimum absolute atomic E-state index is 0.0591. The van der Waals surface area contributed by atoms with Crippen LogP contribution in [-0.2, 0) is 0 Å². The van der Waals surface area contributed by atoms with E-state index >= 15 is 0 Å². The molecule has 0 spiro atoms. The van der Waals surface area contributed by atoms with Crippen LogP contribution >= 0.6 is 0 Å². The fourth-order valence-corrected chi connectivity index (χ4v) is 8.03. The second-order valence-corrected chi connectivity index (χ2v) is 12.6. The van der Waals surface area contributed by atoms with Crippen molar-refractivity contribution in [2.75, 3.05) is 44.2 Å². The van der Waals surface area contributed by atoms with E-state index in [2.05, 4.69) is 21.0 Å². The second-order valence-electron chi connectivity index (χ2n) is 12.6. The van der Waals surface area contributed by atoms with Crippen LogP contribution in [0, 0.1) is 24.1 Å². The van der Waals surface area contributed by atoms with Crippen LogP contribution in [0.4, 0.5) is 14.6 Å². The van der Waals surface area contributed by atoms with Gasteiger partial charge in [0.1, 0.15) is 30.2 Å². The number of phenols is 1. The fraction of sp³-hybridized carbons (Fsp3) is 0.412. The number of aromatic nitrogens is 2. The van der Waals surface area contributed by atoms with Gasteiger partial charge in [-0.1, -0.05) is 18.1 Å². The highest BCUT2D eigenvalue weighted by Gasteiger charge is 2.49. The van der Waals surface area contributed by atoms with Crippen molar-refractivity contribution in [1.29, 1.82) is 0 Å². The molecule has 0 bridgehead atoms. The number of alkyl halides is 1. The number of fused-ring (bicyclic) bond motifs is 4. The number of hydrogen-bond donors (Lipinski definition) is 2. The van der Waals surface area contributed by atoms with Crippen LogP contribution in [0.3, 0.4) is 0 Å². The van der Waals surface area contributed by atoms with Crippen LogP contribution < -0.4 is 15.0 Å². The van der Waals surface area contributed by atoms with Gasteiger partial charge in [0.2, 0.25) is 0 Å². The van der Waals surface area contributed by atoms with E-state index in [-0.39, 0.29) is 22.9 Å². The van der Waals surface area contributed by atoms with Gasteiger partial charge in [0.15, 0.2) is 0 Å². The highest BCUT2D eigenvalue weighted by molar-refractivity contribution is 6.03. The molecular weight excluding hydrogens is 548 g/mol. The molecule has 9 heteroatoms. The number of hydrogen-bond acceptors (Lipinski definition) is 7. The Labute approximate surface area is 248 Å². The molecule has 0 amide bonds. The Hall–Kier alpha value is -4.00. The number of aromatic hydroxyl groups is 1. The van der Waals surface area contributed by atoms with E-state index in [4.69, 9.17) is 21.1 Å². The minimum atomic E-state index is -0.842. The Kier molecular flexibility index (Phi) is 6.21. The second kappa shape index (κ2) is 10.0. The molecular formula is C34H33F2N5O2. The lowest BCUT2D eigenvalue weighted by Gasteiger charge is -2.31. The predicted octanol–water partition coefficient (Wildman–Crippen LogP) is 5.03. The summed E-state index contributed by atoms with van der Waals surface area (Å²) in [6.07, 6.45) is 8.44. The first kappa shape index (κ1) is 26.6. The maximum atomic E-state index is 14.8. The van der Waals surface area contributed by atoms with Crippen molar-refractivity contribution < 1.29 is 18.6 Å². The first-order valence-electron chi connectivity index (χ1n) is 15.1. The molecule has 0 unspecified atom stereocenters. The quantitative estimate of drug-likeness (QED) is 0.321. The van der Waals surface area contributed by atoms with Gasteiger partial charge >= 0.3 is 6.01 Å². The lowest BCUT2D eigenvalue weighted by Crippen LogP contribution is -2.43. The predicted molar refractivity (Wildman–Crippen MR) is 163 cm³/mol. The number of nitrogens with one attached hydrogen (secondary N) is 1. The van der Waals surface area contributed by atoms with E-state index in [1.54, 1.807) is 18.2 Å². The fourth-order valence-electron chi connectivity index (χ4n) is 8.03. The van der Waals surface area contributed by atoms with Crippen LogP contribution in [0.15, 0.2) is 42.5 Å². The van der Waals surface area contributed by atoms with Crippen molar-refractivity contribution in [2.45, 2.75) is 43.4 Å². The Balaban J connectivity index is 1.24. The molecule has 4 atom stereocenters. The monoisotopic (exact) mass is 581 g/mol. The minimum Gasteiger partial charge on any atom is -0.508 e. The standard InChI is InChI=1S/C34H33F2N5O2/c1-2-25-28(36)7-5-21-12-24(42)14-27(31(21)25)20-4-6-26-29(13-20)38-33(39-32(26)40-16-22-8-10-37-30(22)18-40)43-19-34-9-3-11-41(34)17-23(35)15-34/h1,4-7,12-14,22-23,30,37,42H,3,8-11,15-19H2/t22-,23-,30+,34+/m1/s1. The molecule has 43 heavy (non-hydrogen) atoms. The van der Waals surface area contributed by atoms with E-state index in [0.717, 1.165) is 62.2 Å². The van der Waals surface area contributed by atoms with Crippen molar-refractivity contribution in [1.82, 2.24) is 20.2 Å². The van der Waals surface area contributed by atoms with Gasteiger partial charge in [-0.3, -0.25) is 4.90 Å². The van der Waals surface area contributed by atoms with E-state index in [1.807, 2.05) is 18.2 Å². The molecule has 7 nitrogen and oxygen atoms in total. The molecule has 8 rings (SSSR count). The summed E-state index contributed by atoms with van der Waals surface area (Å²) in [6, 6.07) is 12.7. The van der Waals surface area contributed by atoms with Gasteiger partial charge in [-0.15, -0.1) is 6.42 Å². The smallest absolute Gasteiger partial charge is 0.319 e. The van der Waals surface area contributed by atoms with Gasteiger partial charge in [0.25, 0.3) is 0 Å². The molecule has 1 aromatic heterocycles. The Morgan fingerprint density at radius 1 is 1.14 bits per heavy atom. The van der Waals surface area contributed by atoms with E-state index in [1.165, 1.54) is 6.07 Å². The number of ether oxygens (including phenoxy) is 1. The van der Waals surface area contributed by atoms with Gasteiger partial charge in [-0.05, 0) is 85.1 Å². The van der Waals surface area contributed by atoms with Gasteiger partial charge in [-0.2, -0.15) is 9.97 Å². The van der Waals surface area contributed by atoms with Crippen LogP contribution in [-0.4, -0.2) is 77.1 Å². The Morgan fingerprint density at radius 2 is 2.05 bits per heavy atom. The van der Waals surface area contributed by atoms with E-state index in [9.17, 15) is 13.9 Å². The van der Waals surface area contributed by atoms with Gasteiger partial charge < -0.3 is 20.1 Å². The van der Waals surface area contributed by atoms with Crippen molar-refractivity contribution >= 4 is 27.5 Å². The lowest BCUT2D eigenvalue weighted by molar-refractivity contribution is 0.107. The lowest BCUT2D eigenvalue weighted by atomic mass is 9.93. The Bertz CT molecular complexity index is 1800. The highest BCUT2D eigenvalue weighted by Crippen LogP contribution is 2.42. The zero-order valence-corrected chi connectivity index (χ0v) is 23.8. The molecule has 2 N–H and O–H groups in total. The summed E-state index contributed by atoms with van der Waals surface area (Å²) in [5, 5.41) is 16.3. The summed E-state index contributed by atoms with van der Waals surface area (Å²) >= 11 is 0. The first-order valence-corrected chi connectivity index (χ1v) is 15.1. The Morgan fingerprint density at radius 3 is 2.91 bits per heavy atom. The molecule has 0 aliphatic carbocycles. The highest BCUT2D eigenvalue weighted by atomic mass is 19.1. The van der Waals surface area contributed by atoms with Gasteiger partial charge in [0, 0.05) is 42.9 Å².